The molecule has 1 N–H and O–H groups in total. The molecule has 6 nitrogen and oxygen atoms in total. The largest absolute Gasteiger partial charge is 0.458 e. The van der Waals surface area contributed by atoms with Crippen LogP contribution in [0, 0.1) is 5.92 Å². The molecule has 3 rings (SSSR count). The van der Waals surface area contributed by atoms with Crippen LogP contribution < -0.4 is 5.32 Å². The first kappa shape index (κ1) is 15.6. The second kappa shape index (κ2) is 6.10. The SMILES string of the molecule is CC(C)OC(=O)c1cc2c(ccn2C)n1CC(=O)NCC1CC1. The summed E-state index contributed by atoms with van der Waals surface area (Å²) in [7, 11) is 1.91. The van der Waals surface area contributed by atoms with Crippen LogP contribution in [0.5, 0.6) is 0 Å². The summed E-state index contributed by atoms with van der Waals surface area (Å²) in [5.74, 6) is 0.161. The molecule has 0 spiro atoms. The topological polar surface area (TPSA) is 65.3 Å². The third-order valence-electron chi connectivity index (χ3n) is 4.09. The van der Waals surface area contributed by atoms with Crippen molar-refractivity contribution in [3.05, 3.63) is 24.0 Å². The minimum absolute atomic E-state index is 0.0724. The molecule has 2 heterocycles. The van der Waals surface area contributed by atoms with Crippen LogP contribution in [-0.4, -0.2) is 33.7 Å². The summed E-state index contributed by atoms with van der Waals surface area (Å²) in [6.45, 7) is 4.48. The van der Waals surface area contributed by atoms with Crippen molar-refractivity contribution in [2.75, 3.05) is 6.54 Å². The molecule has 23 heavy (non-hydrogen) atoms. The summed E-state index contributed by atoms with van der Waals surface area (Å²) < 4.78 is 8.97. The van der Waals surface area contributed by atoms with Crippen LogP contribution in [0.1, 0.15) is 37.2 Å². The number of nitrogens with one attached hydrogen (secondary N) is 1. The molecule has 0 saturated heterocycles. The van der Waals surface area contributed by atoms with Crippen molar-refractivity contribution in [2.24, 2.45) is 13.0 Å². The third kappa shape index (κ3) is 3.41. The zero-order valence-corrected chi connectivity index (χ0v) is 13.8. The summed E-state index contributed by atoms with van der Waals surface area (Å²) in [5, 5.41) is 2.94. The number of aryl methyl sites for hydroxylation is 1. The Kier molecular flexibility index (Phi) is 4.15. The Morgan fingerprint density at radius 3 is 2.74 bits per heavy atom. The van der Waals surface area contributed by atoms with Crippen molar-refractivity contribution < 1.29 is 14.3 Å². The van der Waals surface area contributed by atoms with Crippen molar-refractivity contribution in [2.45, 2.75) is 39.3 Å². The zero-order chi connectivity index (χ0) is 16.6. The molecule has 0 aromatic carbocycles. The number of amides is 1. The van der Waals surface area contributed by atoms with Crippen LogP contribution in [0.4, 0.5) is 0 Å². The number of carbonyl (C=O) groups excluding carboxylic acids is 2. The molecule has 0 atom stereocenters. The van der Waals surface area contributed by atoms with E-state index in [0.717, 1.165) is 17.6 Å². The lowest BCUT2D eigenvalue weighted by molar-refractivity contribution is -0.121. The van der Waals surface area contributed by atoms with Gasteiger partial charge in [-0.25, -0.2) is 4.79 Å². The maximum atomic E-state index is 12.3. The lowest BCUT2D eigenvalue weighted by Crippen LogP contribution is -2.30. The second-order valence-corrected chi connectivity index (χ2v) is 6.51. The Bertz CT molecular complexity index is 738. The maximum Gasteiger partial charge on any atom is 0.355 e. The van der Waals surface area contributed by atoms with Crippen molar-refractivity contribution >= 4 is 22.9 Å². The first-order valence-electron chi connectivity index (χ1n) is 8.08. The molecule has 1 saturated carbocycles. The van der Waals surface area contributed by atoms with E-state index in [1.165, 1.54) is 12.8 Å². The monoisotopic (exact) mass is 317 g/mol. The van der Waals surface area contributed by atoms with E-state index in [1.807, 2.05) is 37.7 Å². The van der Waals surface area contributed by atoms with E-state index in [2.05, 4.69) is 5.32 Å². The maximum absolute atomic E-state index is 12.3. The number of nitrogens with zero attached hydrogens (tertiary/aromatic N) is 2. The van der Waals surface area contributed by atoms with Crippen LogP contribution in [0.25, 0.3) is 11.0 Å². The molecular weight excluding hydrogens is 294 g/mol. The van der Waals surface area contributed by atoms with Crippen LogP contribution >= 0.6 is 0 Å². The molecule has 6 heteroatoms. The molecule has 0 aliphatic heterocycles. The fourth-order valence-corrected chi connectivity index (χ4v) is 2.66. The molecule has 1 aliphatic carbocycles. The van der Waals surface area contributed by atoms with Crippen LogP contribution in [0.15, 0.2) is 18.3 Å². The van der Waals surface area contributed by atoms with E-state index < -0.39 is 5.97 Å². The highest BCUT2D eigenvalue weighted by Crippen LogP contribution is 2.27. The number of hydrogen-bond acceptors (Lipinski definition) is 3. The van der Waals surface area contributed by atoms with Crippen molar-refractivity contribution in [3.8, 4) is 0 Å². The van der Waals surface area contributed by atoms with E-state index in [9.17, 15) is 9.59 Å². The quantitative estimate of drug-likeness (QED) is 0.830. The van der Waals surface area contributed by atoms with E-state index in [-0.39, 0.29) is 18.6 Å². The predicted molar refractivity (Wildman–Crippen MR) is 87.2 cm³/mol. The average molecular weight is 317 g/mol. The molecule has 2 aromatic rings. The lowest BCUT2D eigenvalue weighted by Gasteiger charge is -2.12. The second-order valence-electron chi connectivity index (χ2n) is 6.51. The number of rotatable bonds is 6. The van der Waals surface area contributed by atoms with Crippen LogP contribution in [-0.2, 0) is 23.1 Å². The number of aromatic nitrogens is 2. The minimum atomic E-state index is -0.397. The van der Waals surface area contributed by atoms with E-state index in [1.54, 1.807) is 10.6 Å². The van der Waals surface area contributed by atoms with Gasteiger partial charge in [-0.3, -0.25) is 4.79 Å². The number of hydrogen-bond donors (Lipinski definition) is 1. The van der Waals surface area contributed by atoms with Gasteiger partial charge in [0, 0.05) is 19.8 Å². The van der Waals surface area contributed by atoms with Gasteiger partial charge < -0.3 is 19.2 Å². The zero-order valence-electron chi connectivity index (χ0n) is 13.8. The Morgan fingerprint density at radius 2 is 2.09 bits per heavy atom. The summed E-state index contributed by atoms with van der Waals surface area (Å²) in [4.78, 5) is 24.5. The Morgan fingerprint density at radius 1 is 1.35 bits per heavy atom. The number of esters is 1. The van der Waals surface area contributed by atoms with Crippen molar-refractivity contribution in [3.63, 3.8) is 0 Å². The Hall–Kier alpha value is -2.24. The number of ether oxygens (including phenoxy) is 1. The van der Waals surface area contributed by atoms with Gasteiger partial charge in [-0.2, -0.15) is 0 Å². The molecule has 1 amide bonds. The van der Waals surface area contributed by atoms with Gasteiger partial charge >= 0.3 is 5.97 Å². The van der Waals surface area contributed by atoms with Gasteiger partial charge in [0.1, 0.15) is 12.2 Å². The first-order valence-corrected chi connectivity index (χ1v) is 8.08. The van der Waals surface area contributed by atoms with Gasteiger partial charge in [0.15, 0.2) is 0 Å². The van der Waals surface area contributed by atoms with Gasteiger partial charge in [0.2, 0.25) is 5.91 Å². The van der Waals surface area contributed by atoms with Gasteiger partial charge in [-0.05, 0) is 44.7 Å². The summed E-state index contributed by atoms with van der Waals surface area (Å²) >= 11 is 0. The molecular formula is C17H23N3O3. The number of fused-ring (bicyclic) bond motifs is 1. The summed E-state index contributed by atoms with van der Waals surface area (Å²) in [5.41, 5.74) is 2.20. The first-order chi connectivity index (χ1) is 11.0. The lowest BCUT2D eigenvalue weighted by atomic mass is 10.4. The van der Waals surface area contributed by atoms with E-state index >= 15 is 0 Å². The number of carbonyl (C=O) groups is 2. The highest BCUT2D eigenvalue weighted by atomic mass is 16.5. The smallest absolute Gasteiger partial charge is 0.355 e. The van der Waals surface area contributed by atoms with Gasteiger partial charge in [-0.1, -0.05) is 0 Å². The minimum Gasteiger partial charge on any atom is -0.458 e. The molecule has 0 bridgehead atoms. The van der Waals surface area contributed by atoms with Crippen LogP contribution in [0.3, 0.4) is 0 Å². The van der Waals surface area contributed by atoms with Crippen molar-refractivity contribution in [1.82, 2.24) is 14.5 Å². The predicted octanol–water partition coefficient (Wildman–Crippen LogP) is 2.07. The molecule has 1 fully saturated rings. The average Bonchev–Trinajstić information content (AvgIpc) is 3.14. The van der Waals surface area contributed by atoms with E-state index in [0.29, 0.717) is 11.6 Å². The van der Waals surface area contributed by atoms with Gasteiger partial charge in [-0.15, -0.1) is 0 Å². The third-order valence-corrected chi connectivity index (χ3v) is 4.09. The molecule has 0 unspecified atom stereocenters. The van der Waals surface area contributed by atoms with Gasteiger partial charge in [0.25, 0.3) is 0 Å². The molecule has 2 aromatic heterocycles. The fraction of sp³-hybridized carbons (Fsp3) is 0.529. The van der Waals surface area contributed by atoms with E-state index in [4.69, 9.17) is 4.74 Å². The highest BCUT2D eigenvalue weighted by Gasteiger charge is 2.23. The Balaban J connectivity index is 1.85. The standard InChI is InChI=1S/C17H23N3O3/c1-11(2)23-17(22)15-8-14-13(6-7-19(14)3)20(15)10-16(21)18-9-12-4-5-12/h6-8,11-12H,4-5,9-10H2,1-3H3,(H,18,21). The fourth-order valence-electron chi connectivity index (χ4n) is 2.66. The highest BCUT2D eigenvalue weighted by molar-refractivity contribution is 5.96. The normalized spacial score (nSPS) is 14.4. The van der Waals surface area contributed by atoms with Gasteiger partial charge in [0.05, 0.1) is 17.1 Å². The molecule has 0 radical (unpaired) electrons. The summed E-state index contributed by atoms with van der Waals surface area (Å²) in [6.07, 6.45) is 4.11. The Labute approximate surface area is 135 Å². The summed E-state index contributed by atoms with van der Waals surface area (Å²) in [6, 6.07) is 3.70. The molecule has 1 aliphatic rings. The van der Waals surface area contributed by atoms with Crippen molar-refractivity contribution in [1.29, 1.82) is 0 Å². The van der Waals surface area contributed by atoms with Crippen LogP contribution in [0.2, 0.25) is 0 Å². The molecule has 124 valence electrons.